The summed E-state index contributed by atoms with van der Waals surface area (Å²) >= 11 is 0. The summed E-state index contributed by atoms with van der Waals surface area (Å²) in [4.78, 5) is 0.159. The van der Waals surface area contributed by atoms with Crippen LogP contribution in [0.5, 0.6) is 0 Å². The molecule has 0 bridgehead atoms. The number of nitrogens with zero attached hydrogens (tertiary/aromatic N) is 1. The number of benzene rings is 1. The first-order valence-corrected chi connectivity index (χ1v) is 8.97. The van der Waals surface area contributed by atoms with Crippen molar-refractivity contribution in [2.45, 2.75) is 49.5 Å². The van der Waals surface area contributed by atoms with Gasteiger partial charge in [0.15, 0.2) is 0 Å². The van der Waals surface area contributed by atoms with Gasteiger partial charge in [0.1, 0.15) is 5.82 Å². The Morgan fingerprint density at radius 3 is 2.33 bits per heavy atom. The molecule has 0 unspecified atom stereocenters. The standard InChI is InChI=1S/C15H23FN2O2S/c16-13-7-9-15(10-8-13)21(19,20)18(12-4-11-17)14-5-2-1-3-6-14/h7-10,14H,1-6,11-12,17H2. The first-order chi connectivity index (χ1) is 10.1. The molecule has 0 saturated heterocycles. The molecule has 0 spiro atoms. The topological polar surface area (TPSA) is 63.4 Å². The van der Waals surface area contributed by atoms with Crippen molar-refractivity contribution in [3.8, 4) is 0 Å². The minimum Gasteiger partial charge on any atom is -0.330 e. The van der Waals surface area contributed by atoms with E-state index >= 15 is 0 Å². The minimum atomic E-state index is -3.58. The number of halogens is 1. The van der Waals surface area contributed by atoms with Crippen molar-refractivity contribution in [2.24, 2.45) is 5.73 Å². The number of hydrogen-bond acceptors (Lipinski definition) is 3. The van der Waals surface area contributed by atoms with Gasteiger partial charge < -0.3 is 5.73 Å². The Morgan fingerprint density at radius 1 is 1.14 bits per heavy atom. The second-order valence-corrected chi connectivity index (χ2v) is 7.39. The third-order valence-electron chi connectivity index (χ3n) is 3.98. The molecule has 118 valence electrons. The van der Waals surface area contributed by atoms with Gasteiger partial charge in [-0.3, -0.25) is 0 Å². The molecule has 1 aromatic carbocycles. The van der Waals surface area contributed by atoms with Crippen LogP contribution in [0.1, 0.15) is 38.5 Å². The summed E-state index contributed by atoms with van der Waals surface area (Å²) < 4.78 is 40.2. The van der Waals surface area contributed by atoms with E-state index in [2.05, 4.69) is 0 Å². The van der Waals surface area contributed by atoms with E-state index in [9.17, 15) is 12.8 Å². The third kappa shape index (κ3) is 4.02. The molecule has 2 rings (SSSR count). The van der Waals surface area contributed by atoms with Crippen molar-refractivity contribution >= 4 is 10.0 Å². The van der Waals surface area contributed by atoms with Gasteiger partial charge in [-0.05, 0) is 50.1 Å². The molecule has 0 radical (unpaired) electrons. The Morgan fingerprint density at radius 2 is 1.76 bits per heavy atom. The molecule has 0 amide bonds. The van der Waals surface area contributed by atoms with Crippen LogP contribution in [0.25, 0.3) is 0 Å². The number of nitrogens with two attached hydrogens (primary N) is 1. The Labute approximate surface area is 126 Å². The molecule has 4 nitrogen and oxygen atoms in total. The molecule has 2 N–H and O–H groups in total. The molecule has 0 aliphatic heterocycles. The van der Waals surface area contributed by atoms with Gasteiger partial charge in [0.2, 0.25) is 10.0 Å². The van der Waals surface area contributed by atoms with Gasteiger partial charge in [0.05, 0.1) is 4.90 Å². The van der Waals surface area contributed by atoms with Crippen LogP contribution in [-0.2, 0) is 10.0 Å². The van der Waals surface area contributed by atoms with Crippen LogP contribution in [0.2, 0.25) is 0 Å². The zero-order chi connectivity index (χ0) is 15.3. The maximum atomic E-state index is 13.0. The van der Waals surface area contributed by atoms with E-state index in [-0.39, 0.29) is 10.9 Å². The van der Waals surface area contributed by atoms with E-state index in [1.807, 2.05) is 0 Å². The van der Waals surface area contributed by atoms with Crippen molar-refractivity contribution in [2.75, 3.05) is 13.1 Å². The smallest absolute Gasteiger partial charge is 0.243 e. The highest BCUT2D eigenvalue weighted by Crippen LogP contribution is 2.28. The fourth-order valence-corrected chi connectivity index (χ4v) is 4.58. The number of hydrogen-bond donors (Lipinski definition) is 1. The second-order valence-electron chi connectivity index (χ2n) is 5.50. The lowest BCUT2D eigenvalue weighted by Gasteiger charge is -2.33. The minimum absolute atomic E-state index is 0.0420. The molecule has 1 aliphatic rings. The van der Waals surface area contributed by atoms with Crippen molar-refractivity contribution in [1.82, 2.24) is 4.31 Å². The zero-order valence-electron chi connectivity index (χ0n) is 12.2. The van der Waals surface area contributed by atoms with Gasteiger partial charge in [0, 0.05) is 12.6 Å². The van der Waals surface area contributed by atoms with E-state index in [4.69, 9.17) is 5.73 Å². The van der Waals surface area contributed by atoms with Crippen LogP contribution >= 0.6 is 0 Å². The predicted octanol–water partition coefficient (Wildman–Crippen LogP) is 2.50. The summed E-state index contributed by atoms with van der Waals surface area (Å²) in [6, 6.07) is 5.09. The first kappa shape index (κ1) is 16.4. The lowest BCUT2D eigenvalue weighted by atomic mass is 9.95. The van der Waals surface area contributed by atoms with Crippen LogP contribution in [0.3, 0.4) is 0 Å². The van der Waals surface area contributed by atoms with Crippen molar-refractivity contribution in [1.29, 1.82) is 0 Å². The normalized spacial score (nSPS) is 17.3. The average Bonchev–Trinajstić information content (AvgIpc) is 2.49. The molecular formula is C15H23FN2O2S. The predicted molar refractivity (Wildman–Crippen MR) is 80.8 cm³/mol. The van der Waals surface area contributed by atoms with Crippen LogP contribution in [0.15, 0.2) is 29.2 Å². The summed E-state index contributed by atoms with van der Waals surface area (Å²) in [5.41, 5.74) is 5.54. The monoisotopic (exact) mass is 314 g/mol. The van der Waals surface area contributed by atoms with E-state index in [1.165, 1.54) is 24.3 Å². The maximum absolute atomic E-state index is 13.0. The van der Waals surface area contributed by atoms with Crippen LogP contribution in [0, 0.1) is 5.82 Å². The van der Waals surface area contributed by atoms with E-state index in [0.717, 1.165) is 32.1 Å². The molecule has 1 saturated carbocycles. The second kappa shape index (κ2) is 7.33. The molecule has 0 aromatic heterocycles. The molecular weight excluding hydrogens is 291 g/mol. The highest BCUT2D eigenvalue weighted by atomic mass is 32.2. The Hall–Kier alpha value is -0.980. The lowest BCUT2D eigenvalue weighted by Crippen LogP contribution is -2.42. The zero-order valence-corrected chi connectivity index (χ0v) is 13.0. The number of rotatable bonds is 6. The first-order valence-electron chi connectivity index (χ1n) is 7.53. The van der Waals surface area contributed by atoms with Gasteiger partial charge in [-0.2, -0.15) is 4.31 Å². The van der Waals surface area contributed by atoms with Crippen molar-refractivity contribution in [3.63, 3.8) is 0 Å². The summed E-state index contributed by atoms with van der Waals surface area (Å²) in [6.07, 6.45) is 5.70. The molecule has 1 aromatic rings. The Kier molecular flexibility index (Phi) is 5.72. The van der Waals surface area contributed by atoms with E-state index < -0.39 is 15.8 Å². The van der Waals surface area contributed by atoms with Crippen molar-refractivity contribution in [3.05, 3.63) is 30.1 Å². The van der Waals surface area contributed by atoms with E-state index in [0.29, 0.717) is 19.5 Å². The van der Waals surface area contributed by atoms with Crippen molar-refractivity contribution < 1.29 is 12.8 Å². The number of sulfonamides is 1. The van der Waals surface area contributed by atoms with Crippen LogP contribution in [-0.4, -0.2) is 31.9 Å². The maximum Gasteiger partial charge on any atom is 0.243 e. The highest BCUT2D eigenvalue weighted by Gasteiger charge is 2.31. The summed E-state index contributed by atoms with van der Waals surface area (Å²) in [5.74, 6) is -0.430. The Bertz CT molecular complexity index is 539. The molecule has 1 aliphatic carbocycles. The molecule has 1 fully saturated rings. The Balaban J connectivity index is 2.26. The van der Waals surface area contributed by atoms with Gasteiger partial charge in [-0.25, -0.2) is 12.8 Å². The fourth-order valence-electron chi connectivity index (χ4n) is 2.86. The van der Waals surface area contributed by atoms with Crippen LogP contribution in [0.4, 0.5) is 4.39 Å². The van der Waals surface area contributed by atoms with Gasteiger partial charge >= 0.3 is 0 Å². The summed E-state index contributed by atoms with van der Waals surface area (Å²) in [5, 5.41) is 0. The van der Waals surface area contributed by atoms with Crippen LogP contribution < -0.4 is 5.73 Å². The molecule has 0 heterocycles. The molecule has 0 atom stereocenters. The summed E-state index contributed by atoms with van der Waals surface area (Å²) in [7, 11) is -3.58. The largest absolute Gasteiger partial charge is 0.330 e. The third-order valence-corrected chi connectivity index (χ3v) is 5.95. The van der Waals surface area contributed by atoms with Gasteiger partial charge in [-0.1, -0.05) is 19.3 Å². The van der Waals surface area contributed by atoms with Gasteiger partial charge in [0.25, 0.3) is 0 Å². The molecule has 21 heavy (non-hydrogen) atoms. The summed E-state index contributed by atoms with van der Waals surface area (Å²) in [6.45, 7) is 0.892. The SMILES string of the molecule is NCCCN(C1CCCCC1)S(=O)(=O)c1ccc(F)cc1. The highest BCUT2D eigenvalue weighted by molar-refractivity contribution is 7.89. The fraction of sp³-hybridized carbons (Fsp3) is 0.600. The lowest BCUT2D eigenvalue weighted by molar-refractivity contribution is 0.252. The average molecular weight is 314 g/mol. The molecule has 6 heteroatoms. The van der Waals surface area contributed by atoms with Gasteiger partial charge in [-0.15, -0.1) is 0 Å². The quantitative estimate of drug-likeness (QED) is 0.877. The van der Waals surface area contributed by atoms with E-state index in [1.54, 1.807) is 4.31 Å².